The van der Waals surface area contributed by atoms with Crippen LogP contribution in [0.25, 0.3) is 0 Å². The maximum atomic E-state index is 10.3. The number of hydrogen-bond acceptors (Lipinski definition) is 4. The first-order chi connectivity index (χ1) is 9.20. The van der Waals surface area contributed by atoms with Crippen LogP contribution in [0.15, 0.2) is 18.2 Å². The lowest BCUT2D eigenvalue weighted by molar-refractivity contribution is 0.136. The Labute approximate surface area is 115 Å². The Bertz CT molecular complexity index is 403. The second kappa shape index (κ2) is 6.89. The SMILES string of the molecule is COc1ccc(C(O)CCN2CCNCC2)cc1C. The maximum Gasteiger partial charge on any atom is 0.121 e. The van der Waals surface area contributed by atoms with Crippen LogP contribution in [0.1, 0.15) is 23.7 Å². The van der Waals surface area contributed by atoms with Crippen LogP contribution in [0, 0.1) is 6.92 Å². The van der Waals surface area contributed by atoms with Crippen LogP contribution < -0.4 is 10.1 Å². The molecule has 19 heavy (non-hydrogen) atoms. The van der Waals surface area contributed by atoms with Gasteiger partial charge >= 0.3 is 0 Å². The van der Waals surface area contributed by atoms with Crippen molar-refractivity contribution in [2.45, 2.75) is 19.4 Å². The Morgan fingerprint density at radius 1 is 1.37 bits per heavy atom. The lowest BCUT2D eigenvalue weighted by Gasteiger charge is -2.28. The van der Waals surface area contributed by atoms with E-state index in [4.69, 9.17) is 4.74 Å². The Morgan fingerprint density at radius 2 is 2.11 bits per heavy atom. The molecule has 0 aromatic heterocycles. The molecule has 4 heteroatoms. The van der Waals surface area contributed by atoms with Gasteiger partial charge in [-0.1, -0.05) is 6.07 Å². The van der Waals surface area contributed by atoms with Crippen LogP contribution in [-0.4, -0.2) is 49.8 Å². The molecule has 1 atom stereocenters. The fraction of sp³-hybridized carbons (Fsp3) is 0.600. The van der Waals surface area contributed by atoms with Crippen LogP contribution in [0.2, 0.25) is 0 Å². The van der Waals surface area contributed by atoms with Gasteiger partial charge in [-0.15, -0.1) is 0 Å². The van der Waals surface area contributed by atoms with Gasteiger partial charge in [0.25, 0.3) is 0 Å². The van der Waals surface area contributed by atoms with E-state index >= 15 is 0 Å². The normalized spacial score (nSPS) is 18.3. The Kier molecular flexibility index (Phi) is 5.19. The standard InChI is InChI=1S/C15H24N2O2/c1-12-11-13(3-4-15(12)19-2)14(18)5-8-17-9-6-16-7-10-17/h3-4,11,14,16,18H,5-10H2,1-2H3. The first-order valence-electron chi connectivity index (χ1n) is 6.96. The molecule has 0 saturated carbocycles. The highest BCUT2D eigenvalue weighted by Crippen LogP contribution is 2.24. The van der Waals surface area contributed by atoms with Gasteiger partial charge in [-0.25, -0.2) is 0 Å². The zero-order chi connectivity index (χ0) is 13.7. The Morgan fingerprint density at radius 3 is 2.74 bits per heavy atom. The van der Waals surface area contributed by atoms with Gasteiger partial charge in [0, 0.05) is 32.7 Å². The van der Waals surface area contributed by atoms with Crippen molar-refractivity contribution < 1.29 is 9.84 Å². The number of nitrogens with one attached hydrogen (secondary N) is 1. The molecule has 1 aromatic rings. The van der Waals surface area contributed by atoms with Gasteiger partial charge in [-0.3, -0.25) is 0 Å². The molecule has 1 aliphatic heterocycles. The molecule has 0 radical (unpaired) electrons. The van der Waals surface area contributed by atoms with Gasteiger partial charge in [-0.05, 0) is 36.6 Å². The molecule has 0 amide bonds. The van der Waals surface area contributed by atoms with E-state index in [9.17, 15) is 5.11 Å². The Balaban J connectivity index is 1.88. The molecule has 1 aliphatic rings. The molecule has 4 nitrogen and oxygen atoms in total. The second-order valence-corrected chi connectivity index (χ2v) is 5.13. The largest absolute Gasteiger partial charge is 0.496 e. The highest BCUT2D eigenvalue weighted by Gasteiger charge is 2.14. The fourth-order valence-electron chi connectivity index (χ4n) is 2.52. The lowest BCUT2D eigenvalue weighted by atomic mass is 10.0. The molecule has 106 valence electrons. The van der Waals surface area contributed by atoms with E-state index < -0.39 is 0 Å². The average Bonchev–Trinajstić information content (AvgIpc) is 2.45. The molecule has 0 bridgehead atoms. The molecule has 2 rings (SSSR count). The summed E-state index contributed by atoms with van der Waals surface area (Å²) in [5.41, 5.74) is 2.05. The smallest absolute Gasteiger partial charge is 0.121 e. The number of methoxy groups -OCH3 is 1. The number of aryl methyl sites for hydroxylation is 1. The van der Waals surface area contributed by atoms with E-state index in [2.05, 4.69) is 10.2 Å². The molecule has 1 heterocycles. The van der Waals surface area contributed by atoms with Crippen LogP contribution >= 0.6 is 0 Å². The minimum absolute atomic E-state index is 0.389. The third-order valence-corrected chi connectivity index (χ3v) is 3.73. The molecular weight excluding hydrogens is 240 g/mol. The monoisotopic (exact) mass is 264 g/mol. The highest BCUT2D eigenvalue weighted by molar-refractivity contribution is 5.36. The minimum atomic E-state index is -0.389. The van der Waals surface area contributed by atoms with Crippen molar-refractivity contribution in [3.8, 4) is 5.75 Å². The second-order valence-electron chi connectivity index (χ2n) is 5.13. The predicted molar refractivity (Wildman–Crippen MR) is 76.6 cm³/mol. The highest BCUT2D eigenvalue weighted by atomic mass is 16.5. The number of ether oxygens (including phenoxy) is 1. The van der Waals surface area contributed by atoms with Crippen molar-refractivity contribution >= 4 is 0 Å². The van der Waals surface area contributed by atoms with Crippen molar-refractivity contribution in [2.75, 3.05) is 39.8 Å². The average molecular weight is 264 g/mol. The summed E-state index contributed by atoms with van der Waals surface area (Å²) in [7, 11) is 1.67. The number of nitrogens with zero attached hydrogens (tertiary/aromatic N) is 1. The van der Waals surface area contributed by atoms with Crippen molar-refractivity contribution in [3.63, 3.8) is 0 Å². The van der Waals surface area contributed by atoms with Gasteiger partial charge in [0.15, 0.2) is 0 Å². The third-order valence-electron chi connectivity index (χ3n) is 3.73. The van der Waals surface area contributed by atoms with Gasteiger partial charge < -0.3 is 20.1 Å². The molecule has 1 aromatic carbocycles. The van der Waals surface area contributed by atoms with E-state index in [1.165, 1.54) is 0 Å². The third kappa shape index (κ3) is 3.93. The number of rotatable bonds is 5. The van der Waals surface area contributed by atoms with Crippen LogP contribution in [0.5, 0.6) is 5.75 Å². The summed E-state index contributed by atoms with van der Waals surface area (Å²) < 4.78 is 5.24. The molecule has 0 spiro atoms. The van der Waals surface area contributed by atoms with E-state index in [1.54, 1.807) is 7.11 Å². The van der Waals surface area contributed by atoms with Crippen LogP contribution in [-0.2, 0) is 0 Å². The lowest BCUT2D eigenvalue weighted by Crippen LogP contribution is -2.44. The van der Waals surface area contributed by atoms with Crippen molar-refractivity contribution in [3.05, 3.63) is 29.3 Å². The van der Waals surface area contributed by atoms with Gasteiger partial charge in [0.2, 0.25) is 0 Å². The first kappa shape index (κ1) is 14.3. The molecule has 1 unspecified atom stereocenters. The Hall–Kier alpha value is -1.10. The summed E-state index contributed by atoms with van der Waals surface area (Å²) in [4.78, 5) is 2.40. The number of aliphatic hydroxyl groups is 1. The topological polar surface area (TPSA) is 44.7 Å². The zero-order valence-electron chi connectivity index (χ0n) is 11.9. The predicted octanol–water partition coefficient (Wildman–Crippen LogP) is 1.33. The van der Waals surface area contributed by atoms with Crippen LogP contribution in [0.4, 0.5) is 0 Å². The molecule has 1 fully saturated rings. The summed E-state index contributed by atoms with van der Waals surface area (Å²) in [5, 5.41) is 13.6. The summed E-state index contributed by atoms with van der Waals surface area (Å²) >= 11 is 0. The molecular formula is C15H24N2O2. The van der Waals surface area contributed by atoms with E-state index in [0.717, 1.165) is 56.0 Å². The van der Waals surface area contributed by atoms with Crippen molar-refractivity contribution in [2.24, 2.45) is 0 Å². The number of piperazine rings is 1. The van der Waals surface area contributed by atoms with Crippen LogP contribution in [0.3, 0.4) is 0 Å². The summed E-state index contributed by atoms with van der Waals surface area (Å²) in [6.45, 7) is 7.22. The maximum absolute atomic E-state index is 10.3. The van der Waals surface area contributed by atoms with Gasteiger partial charge in [0.1, 0.15) is 5.75 Å². The first-order valence-corrected chi connectivity index (χ1v) is 6.96. The van der Waals surface area contributed by atoms with Gasteiger partial charge in [-0.2, -0.15) is 0 Å². The van der Waals surface area contributed by atoms with E-state index in [-0.39, 0.29) is 6.10 Å². The fourth-order valence-corrected chi connectivity index (χ4v) is 2.52. The zero-order valence-corrected chi connectivity index (χ0v) is 11.9. The molecule has 2 N–H and O–H groups in total. The minimum Gasteiger partial charge on any atom is -0.496 e. The van der Waals surface area contributed by atoms with Crippen molar-refractivity contribution in [1.29, 1.82) is 0 Å². The van der Waals surface area contributed by atoms with E-state index in [1.807, 2.05) is 25.1 Å². The summed E-state index contributed by atoms with van der Waals surface area (Å²) in [6, 6.07) is 5.90. The summed E-state index contributed by atoms with van der Waals surface area (Å²) in [6.07, 6.45) is 0.394. The molecule has 1 saturated heterocycles. The van der Waals surface area contributed by atoms with Crippen molar-refractivity contribution in [1.82, 2.24) is 10.2 Å². The number of hydrogen-bond donors (Lipinski definition) is 2. The number of benzene rings is 1. The molecule has 0 aliphatic carbocycles. The summed E-state index contributed by atoms with van der Waals surface area (Å²) in [5.74, 6) is 0.873. The number of aliphatic hydroxyl groups excluding tert-OH is 1. The van der Waals surface area contributed by atoms with Gasteiger partial charge in [0.05, 0.1) is 13.2 Å². The quantitative estimate of drug-likeness (QED) is 0.842. The van der Waals surface area contributed by atoms with E-state index in [0.29, 0.717) is 0 Å².